The third-order valence-corrected chi connectivity index (χ3v) is 2.82. The molecule has 1 aromatic rings. The van der Waals surface area contributed by atoms with Crippen molar-refractivity contribution in [3.8, 4) is 0 Å². The summed E-state index contributed by atoms with van der Waals surface area (Å²) in [6, 6.07) is 9.77. The van der Waals surface area contributed by atoms with Gasteiger partial charge in [0.05, 0.1) is 11.8 Å². The van der Waals surface area contributed by atoms with Crippen molar-refractivity contribution < 1.29 is 9.90 Å². The number of amidine groups is 1. The van der Waals surface area contributed by atoms with Gasteiger partial charge in [-0.2, -0.15) is 0 Å². The fraction of sp³-hybridized carbons (Fsp3) is 0.385. The largest absolute Gasteiger partial charge is 0.481 e. The van der Waals surface area contributed by atoms with Crippen molar-refractivity contribution in [1.82, 2.24) is 0 Å². The van der Waals surface area contributed by atoms with Crippen LogP contribution in [0, 0.1) is 11.3 Å². The van der Waals surface area contributed by atoms with Crippen LogP contribution in [0.25, 0.3) is 0 Å². The Morgan fingerprint density at radius 2 is 2.00 bits per heavy atom. The molecule has 0 aliphatic rings. The molecule has 0 aromatic heterocycles. The van der Waals surface area contributed by atoms with Crippen LogP contribution in [0.1, 0.15) is 31.2 Å². The van der Waals surface area contributed by atoms with Gasteiger partial charge >= 0.3 is 5.97 Å². The number of carboxylic acid groups (broad SMARTS) is 1. The number of carboxylic acids is 1. The van der Waals surface area contributed by atoms with Gasteiger partial charge in [0.15, 0.2) is 0 Å². The Balaban J connectivity index is 2.67. The molecular weight excluding hydrogens is 216 g/mol. The van der Waals surface area contributed by atoms with Crippen LogP contribution < -0.4 is 5.73 Å². The van der Waals surface area contributed by atoms with E-state index in [1.54, 1.807) is 0 Å². The Morgan fingerprint density at radius 1 is 1.41 bits per heavy atom. The van der Waals surface area contributed by atoms with Crippen LogP contribution in [0.4, 0.5) is 0 Å². The van der Waals surface area contributed by atoms with Gasteiger partial charge in [0.2, 0.25) is 0 Å². The van der Waals surface area contributed by atoms with E-state index < -0.39 is 11.9 Å². The monoisotopic (exact) mass is 234 g/mol. The lowest BCUT2D eigenvalue weighted by Gasteiger charge is -2.17. The Morgan fingerprint density at radius 3 is 2.47 bits per heavy atom. The molecule has 0 bridgehead atoms. The van der Waals surface area contributed by atoms with Gasteiger partial charge in [-0.05, 0) is 17.9 Å². The predicted octanol–water partition coefficient (Wildman–Crippen LogP) is 2.21. The van der Waals surface area contributed by atoms with E-state index in [-0.39, 0.29) is 18.2 Å². The molecule has 2 atom stereocenters. The van der Waals surface area contributed by atoms with Gasteiger partial charge in [-0.3, -0.25) is 10.2 Å². The maximum absolute atomic E-state index is 11.0. The summed E-state index contributed by atoms with van der Waals surface area (Å²) in [5.41, 5.74) is 6.38. The minimum Gasteiger partial charge on any atom is -0.481 e. The Labute approximate surface area is 101 Å². The van der Waals surface area contributed by atoms with Gasteiger partial charge in [0.1, 0.15) is 0 Å². The Bertz CT molecular complexity index is 390. The van der Waals surface area contributed by atoms with Crippen LogP contribution in [-0.2, 0) is 4.79 Å². The van der Waals surface area contributed by atoms with E-state index in [0.29, 0.717) is 6.42 Å². The second kappa shape index (κ2) is 6.03. The van der Waals surface area contributed by atoms with E-state index in [1.165, 1.54) is 0 Å². The van der Waals surface area contributed by atoms with Crippen molar-refractivity contribution in [2.45, 2.75) is 25.7 Å². The van der Waals surface area contributed by atoms with Crippen LogP contribution in [0.2, 0.25) is 0 Å². The van der Waals surface area contributed by atoms with E-state index in [4.69, 9.17) is 16.2 Å². The molecule has 4 heteroatoms. The van der Waals surface area contributed by atoms with Gasteiger partial charge in [-0.15, -0.1) is 0 Å². The average Bonchev–Trinajstić information content (AvgIpc) is 2.28. The molecule has 92 valence electrons. The first-order chi connectivity index (χ1) is 8.00. The molecule has 0 aliphatic heterocycles. The third kappa shape index (κ3) is 4.26. The number of hydrogen-bond donors (Lipinski definition) is 3. The molecule has 0 saturated heterocycles. The highest BCUT2D eigenvalue weighted by atomic mass is 16.4. The fourth-order valence-electron chi connectivity index (χ4n) is 1.88. The minimum atomic E-state index is -0.886. The first-order valence-corrected chi connectivity index (χ1v) is 5.61. The number of rotatable bonds is 6. The van der Waals surface area contributed by atoms with Crippen molar-refractivity contribution in [2.75, 3.05) is 0 Å². The van der Waals surface area contributed by atoms with Gasteiger partial charge in [0.25, 0.3) is 0 Å². The number of nitrogens with one attached hydrogen (secondary N) is 1. The van der Waals surface area contributed by atoms with E-state index in [1.807, 2.05) is 37.3 Å². The average molecular weight is 234 g/mol. The summed E-state index contributed by atoms with van der Waals surface area (Å²) in [5.74, 6) is -1.39. The summed E-state index contributed by atoms with van der Waals surface area (Å²) >= 11 is 0. The molecule has 17 heavy (non-hydrogen) atoms. The third-order valence-electron chi connectivity index (χ3n) is 2.82. The van der Waals surface area contributed by atoms with E-state index in [9.17, 15) is 4.79 Å². The number of hydrogen-bond acceptors (Lipinski definition) is 2. The smallest absolute Gasteiger partial charge is 0.306 e. The van der Waals surface area contributed by atoms with Crippen molar-refractivity contribution in [2.24, 2.45) is 11.7 Å². The quantitative estimate of drug-likeness (QED) is 0.521. The molecule has 1 rings (SSSR count). The van der Waals surface area contributed by atoms with Crippen LogP contribution in [0.5, 0.6) is 0 Å². The zero-order valence-corrected chi connectivity index (χ0v) is 9.89. The molecule has 0 fully saturated rings. The second-order valence-corrected chi connectivity index (χ2v) is 4.31. The van der Waals surface area contributed by atoms with E-state index >= 15 is 0 Å². The zero-order valence-electron chi connectivity index (χ0n) is 9.89. The van der Waals surface area contributed by atoms with Crippen molar-refractivity contribution in [3.63, 3.8) is 0 Å². The highest BCUT2D eigenvalue weighted by Crippen LogP contribution is 2.25. The second-order valence-electron chi connectivity index (χ2n) is 4.31. The molecule has 0 saturated carbocycles. The van der Waals surface area contributed by atoms with E-state index in [2.05, 4.69) is 0 Å². The first kappa shape index (κ1) is 13.2. The minimum absolute atomic E-state index is 0.0716. The molecule has 0 radical (unpaired) electrons. The molecular formula is C13H18N2O2. The maximum Gasteiger partial charge on any atom is 0.306 e. The van der Waals surface area contributed by atoms with Crippen LogP contribution in [-0.4, -0.2) is 16.9 Å². The van der Waals surface area contributed by atoms with Gasteiger partial charge in [-0.25, -0.2) is 0 Å². The standard InChI is InChI=1S/C13H18N2O2/c1-9(10-5-3-2-4-6-10)7-11(13(16)17)8-12(14)15/h2-6,9,11H,7-8H2,1H3,(H3,14,15)(H,16,17)/t9?,11-/m0/s1. The Hall–Kier alpha value is -1.84. The molecule has 1 aromatic carbocycles. The lowest BCUT2D eigenvalue weighted by atomic mass is 9.88. The summed E-state index contributed by atoms with van der Waals surface area (Å²) in [7, 11) is 0. The van der Waals surface area contributed by atoms with Crippen molar-refractivity contribution >= 4 is 11.8 Å². The topological polar surface area (TPSA) is 87.2 Å². The molecule has 0 aliphatic carbocycles. The molecule has 0 amide bonds. The molecule has 0 spiro atoms. The van der Waals surface area contributed by atoms with Crippen LogP contribution in [0.15, 0.2) is 30.3 Å². The number of aliphatic carboxylic acids is 1. The lowest BCUT2D eigenvalue weighted by Crippen LogP contribution is -2.23. The molecule has 4 N–H and O–H groups in total. The van der Waals surface area contributed by atoms with Gasteiger partial charge < -0.3 is 10.8 Å². The Kier molecular flexibility index (Phi) is 4.69. The van der Waals surface area contributed by atoms with Crippen LogP contribution >= 0.6 is 0 Å². The predicted molar refractivity (Wildman–Crippen MR) is 67.1 cm³/mol. The van der Waals surface area contributed by atoms with Crippen molar-refractivity contribution in [1.29, 1.82) is 5.41 Å². The molecule has 0 heterocycles. The SMILES string of the molecule is CC(C[C@@H](CC(=N)N)C(=O)O)c1ccccc1. The summed E-state index contributed by atoms with van der Waals surface area (Å²) in [6.45, 7) is 1.99. The first-order valence-electron chi connectivity index (χ1n) is 5.61. The summed E-state index contributed by atoms with van der Waals surface area (Å²) in [5, 5.41) is 16.2. The highest BCUT2D eigenvalue weighted by Gasteiger charge is 2.21. The van der Waals surface area contributed by atoms with Crippen molar-refractivity contribution in [3.05, 3.63) is 35.9 Å². The zero-order chi connectivity index (χ0) is 12.8. The van der Waals surface area contributed by atoms with Crippen LogP contribution in [0.3, 0.4) is 0 Å². The normalized spacial score (nSPS) is 13.9. The number of nitrogens with two attached hydrogens (primary N) is 1. The van der Waals surface area contributed by atoms with E-state index in [0.717, 1.165) is 5.56 Å². The number of carbonyl (C=O) groups is 1. The van der Waals surface area contributed by atoms with Gasteiger partial charge in [-0.1, -0.05) is 37.3 Å². The molecule has 1 unspecified atom stereocenters. The molecule has 4 nitrogen and oxygen atoms in total. The highest BCUT2D eigenvalue weighted by molar-refractivity contribution is 5.82. The summed E-state index contributed by atoms with van der Waals surface area (Å²) in [6.07, 6.45) is 0.617. The summed E-state index contributed by atoms with van der Waals surface area (Å²) in [4.78, 5) is 11.0. The number of benzene rings is 1. The van der Waals surface area contributed by atoms with Gasteiger partial charge in [0, 0.05) is 6.42 Å². The summed E-state index contributed by atoms with van der Waals surface area (Å²) < 4.78 is 0. The lowest BCUT2D eigenvalue weighted by molar-refractivity contribution is -0.141. The fourth-order valence-corrected chi connectivity index (χ4v) is 1.88. The maximum atomic E-state index is 11.0.